The smallest absolute Gasteiger partial charge is 0.267 e. The van der Waals surface area contributed by atoms with E-state index in [1.54, 1.807) is 4.72 Å². The Labute approximate surface area is 395 Å². The van der Waals surface area contributed by atoms with Crippen molar-refractivity contribution in [3.05, 3.63) is 113 Å². The van der Waals surface area contributed by atoms with Gasteiger partial charge in [-0.05, 0) is 126 Å². The first-order chi connectivity index (χ1) is 39.8. The van der Waals surface area contributed by atoms with Crippen molar-refractivity contribution in [1.82, 2.24) is 10.3 Å². The first-order valence-corrected chi connectivity index (χ1v) is 20.3. The van der Waals surface area contributed by atoms with Gasteiger partial charge in [0.15, 0.2) is 14.4 Å². The molecule has 0 radical (unpaired) electrons. The van der Waals surface area contributed by atoms with Gasteiger partial charge in [0, 0.05) is 59.3 Å². The second-order valence-electron chi connectivity index (χ2n) is 11.5. The number of sulfonamides is 2. The minimum Gasteiger partial charge on any atom is -0.337 e. The SMILES string of the molecule is [2H]C([2H])([2H])c1cc(C(C)=O)c(NC(=O)c2sccc2S(=O)(=O)Nc2onc(C([2H])([2H])[2H])c2C([2H])([2H])[2H])c(C([2H])([2H])[2H])c1.[2H]N(C(=O)c1sccc1S(=O)(=O)N([2H])c1onc(C([2H])([2H])[2H])c1C([2H])([2H])[2H])c1c(C(=O)C([2H])([2H])[2H])cc(C([2H])([2H])[2H])cc1C([2H])([2H])[2H]. The minimum atomic E-state index is -5.40. The van der Waals surface area contributed by atoms with Crippen LogP contribution < -0.4 is 20.1 Å². The molecule has 16 nitrogen and oxygen atoms in total. The third-order valence-electron chi connectivity index (χ3n) is 7.35. The van der Waals surface area contributed by atoms with Crippen LogP contribution in [-0.2, 0) is 20.0 Å². The molecule has 0 aliphatic carbocycles. The average Bonchev–Trinajstić information content (AvgIpc) is 1.81. The molecule has 0 unspecified atom stereocenters. The number of benzene rings is 2. The summed E-state index contributed by atoms with van der Waals surface area (Å²) in [6.45, 7) is -27.7. The van der Waals surface area contributed by atoms with Crippen molar-refractivity contribution in [1.29, 1.82) is 0 Å². The van der Waals surface area contributed by atoms with Crippen LogP contribution in [0.2, 0.25) is 2.82 Å². The molecule has 0 atom stereocenters. The first-order valence-electron chi connectivity index (χ1n) is 30.0. The van der Waals surface area contributed by atoms with Crippen LogP contribution in [0.3, 0.4) is 0 Å². The van der Waals surface area contributed by atoms with Gasteiger partial charge in [-0.3, -0.25) is 19.2 Å². The second-order valence-corrected chi connectivity index (χ2v) is 16.5. The van der Waals surface area contributed by atoms with Gasteiger partial charge < -0.3 is 19.7 Å². The lowest BCUT2D eigenvalue weighted by Crippen LogP contribution is -2.20. The normalized spacial score (nSPS) is 20.4. The molecule has 0 saturated heterocycles. The van der Waals surface area contributed by atoms with Crippen LogP contribution in [0.25, 0.3) is 0 Å². The molecule has 4 heterocycles. The van der Waals surface area contributed by atoms with E-state index in [9.17, 15) is 36.0 Å². The van der Waals surface area contributed by atoms with Crippen LogP contribution in [0.1, 0.15) is 136 Å². The number of ketones is 2. The molecule has 6 aromatic rings. The van der Waals surface area contributed by atoms with Crippen molar-refractivity contribution in [2.75, 3.05) is 20.1 Å². The summed E-state index contributed by atoms with van der Waals surface area (Å²) in [5.41, 5.74) is -11.0. The van der Waals surface area contributed by atoms with Crippen molar-refractivity contribution < 1.29 is 84.9 Å². The maximum absolute atomic E-state index is 13.6. The van der Waals surface area contributed by atoms with E-state index in [1.807, 2.05) is 0 Å². The van der Waals surface area contributed by atoms with Gasteiger partial charge >= 0.3 is 0 Å². The fourth-order valence-corrected chi connectivity index (χ4v) is 9.21. The van der Waals surface area contributed by atoms with E-state index in [4.69, 9.17) is 44.4 Å². The van der Waals surface area contributed by atoms with Gasteiger partial charge in [0.2, 0.25) is 11.8 Å². The Balaban J connectivity index is 0.000000326. The standard InChI is InChI=1S/2C20H21N3O5S2/c2*1-10-8-11(2)17(15(9-10)14(5)24)21-19(25)18-16(6-7-29-18)30(26,27)23-20-12(3)13(4)22-28-20/h2*6-9,23H,1-5H3,(H,21,25)/i1D3,2D3,3D3,4D3,5D3;1D3,2D3,3D3,4D3/hD2. The van der Waals surface area contributed by atoms with Gasteiger partial charge in [-0.15, -0.1) is 22.7 Å². The molecular formula is C40H42N6O10S4. The van der Waals surface area contributed by atoms with Gasteiger partial charge in [0.25, 0.3) is 31.9 Å². The number of Topliss-reactive ketones (excluding diaryl/α,β-unsaturated/α-hetero) is 2. The van der Waals surface area contributed by atoms with Crippen molar-refractivity contribution >= 4 is 89.2 Å². The Morgan fingerprint density at radius 1 is 0.667 bits per heavy atom. The molecule has 6 rings (SSSR count). The van der Waals surface area contributed by atoms with Crippen LogP contribution in [0.5, 0.6) is 0 Å². The summed E-state index contributed by atoms with van der Waals surface area (Å²) in [6, 6.07) is 4.35. The number of thiophene rings is 2. The number of aryl methyl sites for hydroxylation is 6. The summed E-state index contributed by atoms with van der Waals surface area (Å²) in [4.78, 5) is 48.9. The summed E-state index contributed by atoms with van der Waals surface area (Å²) >= 11 is 0.880. The lowest BCUT2D eigenvalue weighted by molar-refractivity contribution is 0.100. The van der Waals surface area contributed by atoms with Gasteiger partial charge in [-0.25, -0.2) is 26.3 Å². The molecule has 4 aromatic heterocycles. The zero-order valence-corrected chi connectivity index (χ0v) is 32.9. The number of amides is 2. The lowest BCUT2D eigenvalue weighted by atomic mass is 10.0. The number of nitrogens with zero attached hydrogens (tertiary/aromatic N) is 2. The lowest BCUT2D eigenvalue weighted by Gasteiger charge is -2.14. The highest BCUT2D eigenvalue weighted by Crippen LogP contribution is 2.31. The molecule has 0 spiro atoms. The van der Waals surface area contributed by atoms with Gasteiger partial charge in [0.1, 0.15) is 19.5 Å². The highest BCUT2D eigenvalue weighted by Gasteiger charge is 2.29. The molecule has 0 aliphatic heterocycles. The zero-order valence-electron chi connectivity index (χ0n) is 58.6. The Hall–Kier alpha value is -5.96. The third kappa shape index (κ3) is 9.73. The molecular weight excluding hydrogens is 853 g/mol. The molecule has 0 saturated carbocycles. The van der Waals surface area contributed by atoms with Crippen molar-refractivity contribution in [3.8, 4) is 0 Å². The molecule has 0 fully saturated rings. The van der Waals surface area contributed by atoms with Gasteiger partial charge in [0.05, 0.1) is 22.8 Å². The molecule has 60 heavy (non-hydrogen) atoms. The van der Waals surface area contributed by atoms with Crippen LogP contribution in [0.4, 0.5) is 23.1 Å². The van der Waals surface area contributed by atoms with E-state index in [0.29, 0.717) is 34.8 Å². The predicted molar refractivity (Wildman–Crippen MR) is 230 cm³/mol. The van der Waals surface area contributed by atoms with Crippen LogP contribution in [0, 0.1) is 54.8 Å². The summed E-state index contributed by atoms with van der Waals surface area (Å²) in [5.74, 6) is -7.97. The zero-order chi connectivity index (χ0) is 68.7. The predicted octanol–water partition coefficient (Wildman–Crippen LogP) is 8.45. The van der Waals surface area contributed by atoms with Crippen LogP contribution in [0.15, 0.2) is 66.0 Å². The highest BCUT2D eigenvalue weighted by molar-refractivity contribution is 7.93. The van der Waals surface area contributed by atoms with Gasteiger partial charge in [-0.1, -0.05) is 22.4 Å². The Bertz CT molecular complexity index is 3970. The monoisotopic (exact) mass is 923 g/mol. The second kappa shape index (κ2) is 17.7. The topological polar surface area (TPSA) is 237 Å². The Kier molecular flexibility index (Phi) is 5.93. The van der Waals surface area contributed by atoms with E-state index in [0.717, 1.165) is 41.9 Å². The van der Waals surface area contributed by atoms with E-state index in [-0.39, 0.29) is 5.31 Å². The number of anilines is 4. The van der Waals surface area contributed by atoms with E-state index < -0.39 is 208 Å². The quantitative estimate of drug-likeness (QED) is 0.0846. The maximum Gasteiger partial charge on any atom is 0.267 e. The fourth-order valence-electron chi connectivity index (χ4n) is 4.68. The maximum atomic E-state index is 13.6. The van der Waals surface area contributed by atoms with E-state index in [2.05, 4.69) is 20.2 Å². The van der Waals surface area contributed by atoms with E-state index in [1.165, 1.54) is 0 Å². The van der Waals surface area contributed by atoms with Crippen LogP contribution in [-0.4, -0.2) is 50.5 Å². The molecule has 2 amide bonds. The third-order valence-corrected chi connectivity index (χ3v) is 12.1. The Morgan fingerprint density at radius 3 is 1.77 bits per heavy atom. The number of hydrogen-bond donors (Lipinski definition) is 4. The average molecular weight is 924 g/mol. The first kappa shape index (κ1) is 20.1. The molecule has 4 N–H and O–H groups in total. The highest BCUT2D eigenvalue weighted by atomic mass is 32.2. The summed E-state index contributed by atoms with van der Waals surface area (Å²) < 4.78 is 287. The minimum absolute atomic E-state index is 0.306. The number of rotatable bonds is 12. The number of carbonyl (C=O) groups excluding carboxylic acids is 4. The summed E-state index contributed by atoms with van der Waals surface area (Å²) in [5, 5.41) is 10.3. The summed E-state index contributed by atoms with van der Waals surface area (Å²) in [6.07, 6.45) is 0. The number of hydrogen-bond acceptors (Lipinski definition) is 14. The van der Waals surface area contributed by atoms with Crippen molar-refractivity contribution in [3.63, 3.8) is 0 Å². The van der Waals surface area contributed by atoms with Crippen LogP contribution >= 0.6 is 22.7 Å². The largest absolute Gasteiger partial charge is 0.337 e. The Morgan fingerprint density at radius 2 is 1.22 bits per heavy atom. The van der Waals surface area contributed by atoms with E-state index >= 15 is 0 Å². The molecule has 0 aliphatic rings. The number of carbonyl (C=O) groups is 4. The summed E-state index contributed by atoms with van der Waals surface area (Å²) in [7, 11) is -10.3. The van der Waals surface area contributed by atoms with Crippen molar-refractivity contribution in [2.24, 2.45) is 0 Å². The number of aromatic nitrogens is 2. The molecule has 20 heteroatoms. The molecule has 2 aromatic carbocycles. The van der Waals surface area contributed by atoms with Crippen molar-refractivity contribution in [2.45, 2.75) is 78.4 Å². The fraction of sp³-hybridized carbons (Fsp3) is 0.250. The number of nitrogens with one attached hydrogen (secondary N) is 4. The molecule has 0 bridgehead atoms. The van der Waals surface area contributed by atoms with Gasteiger partial charge in [-0.2, -0.15) is 0 Å². The molecule has 316 valence electrons.